The predicted molar refractivity (Wildman–Crippen MR) is 127 cm³/mol. The van der Waals surface area contributed by atoms with Crippen molar-refractivity contribution in [2.75, 3.05) is 24.7 Å². The number of nitrogens with zero attached hydrogens (tertiary/aromatic N) is 1. The predicted octanol–water partition coefficient (Wildman–Crippen LogP) is 3.58. The van der Waals surface area contributed by atoms with Crippen LogP contribution < -0.4 is 21.5 Å². The molecule has 0 spiro atoms. The molecule has 32 heavy (non-hydrogen) atoms. The number of phenolic OH excluding ortho intramolecular Hbond substituents is 1. The van der Waals surface area contributed by atoms with Gasteiger partial charge in [0.05, 0.1) is 16.2 Å². The van der Waals surface area contributed by atoms with Crippen LogP contribution in [0.2, 0.25) is 5.02 Å². The first-order valence-corrected chi connectivity index (χ1v) is 12.6. The Morgan fingerprint density at radius 1 is 1.09 bits per heavy atom. The molecule has 1 aromatic heterocycles. The maximum absolute atomic E-state index is 12.6. The standard InChI is InChI=1S/C21H22ClN3O5S2/c1-25(2)32(29,30)20-12(22)7-8-13(17(20)26)23-15-16(19(28)18(15)27)24-21(9-3-4-10-21)14-6-5-11-31-14/h5-8,11,23-24,26H,3-4,9-10H2,1-2H3. The summed E-state index contributed by atoms with van der Waals surface area (Å²) in [6.45, 7) is 0. The van der Waals surface area contributed by atoms with E-state index >= 15 is 0 Å². The number of phenols is 1. The number of benzene rings is 1. The molecule has 1 heterocycles. The van der Waals surface area contributed by atoms with Gasteiger partial charge in [-0.05, 0) is 36.4 Å². The first-order chi connectivity index (χ1) is 15.1. The summed E-state index contributed by atoms with van der Waals surface area (Å²) >= 11 is 7.63. The number of rotatable bonds is 7. The smallest absolute Gasteiger partial charge is 0.253 e. The molecule has 170 valence electrons. The number of thiophene rings is 1. The third-order valence-electron chi connectivity index (χ3n) is 5.81. The van der Waals surface area contributed by atoms with E-state index in [9.17, 15) is 23.1 Å². The lowest BCUT2D eigenvalue weighted by Crippen LogP contribution is -2.42. The SMILES string of the molecule is CN(C)S(=O)(=O)c1c(Cl)ccc(Nc2c(NC3(c4cccs4)CCCC3)c(=O)c2=O)c1O. The molecule has 1 fully saturated rings. The van der Waals surface area contributed by atoms with Crippen LogP contribution in [0, 0.1) is 0 Å². The van der Waals surface area contributed by atoms with Crippen LogP contribution in [0.1, 0.15) is 30.6 Å². The fourth-order valence-electron chi connectivity index (χ4n) is 4.04. The van der Waals surface area contributed by atoms with Gasteiger partial charge in [0.15, 0.2) is 5.75 Å². The average Bonchev–Trinajstić information content (AvgIpc) is 3.44. The second-order valence-electron chi connectivity index (χ2n) is 7.98. The number of halogens is 1. The molecule has 0 atom stereocenters. The Hall–Kier alpha value is -2.40. The number of anilines is 3. The minimum Gasteiger partial charge on any atom is -0.504 e. The molecule has 1 saturated carbocycles. The summed E-state index contributed by atoms with van der Waals surface area (Å²) in [6, 6.07) is 6.62. The molecule has 3 N–H and O–H groups in total. The lowest BCUT2D eigenvalue weighted by Gasteiger charge is -2.32. The molecular formula is C21H22ClN3O5S2. The molecule has 0 aliphatic heterocycles. The van der Waals surface area contributed by atoms with E-state index in [1.807, 2.05) is 17.5 Å². The molecule has 4 rings (SSSR count). The number of sulfonamides is 1. The monoisotopic (exact) mass is 495 g/mol. The van der Waals surface area contributed by atoms with Gasteiger partial charge in [0.25, 0.3) is 10.9 Å². The summed E-state index contributed by atoms with van der Waals surface area (Å²) in [7, 11) is -1.42. The zero-order valence-corrected chi connectivity index (χ0v) is 19.8. The number of aromatic hydroxyl groups is 1. The Morgan fingerprint density at radius 3 is 2.34 bits per heavy atom. The quantitative estimate of drug-likeness (QED) is 0.339. The third-order valence-corrected chi connectivity index (χ3v) is 9.20. The third kappa shape index (κ3) is 3.61. The van der Waals surface area contributed by atoms with Crippen LogP contribution in [-0.2, 0) is 15.6 Å². The highest BCUT2D eigenvalue weighted by atomic mass is 35.5. The average molecular weight is 496 g/mol. The number of hydrogen-bond acceptors (Lipinski definition) is 8. The van der Waals surface area contributed by atoms with Crippen molar-refractivity contribution in [3.63, 3.8) is 0 Å². The topological polar surface area (TPSA) is 116 Å². The van der Waals surface area contributed by atoms with Gasteiger partial charge in [0.2, 0.25) is 10.0 Å². The molecule has 1 aliphatic carbocycles. The van der Waals surface area contributed by atoms with Gasteiger partial charge in [-0.25, -0.2) is 12.7 Å². The van der Waals surface area contributed by atoms with E-state index in [4.69, 9.17) is 11.6 Å². The van der Waals surface area contributed by atoms with Gasteiger partial charge in [0, 0.05) is 19.0 Å². The first kappa shape index (κ1) is 22.8. The van der Waals surface area contributed by atoms with E-state index in [0.717, 1.165) is 34.9 Å². The molecule has 1 aliphatic rings. The van der Waals surface area contributed by atoms with Gasteiger partial charge in [-0.3, -0.25) is 9.59 Å². The summed E-state index contributed by atoms with van der Waals surface area (Å²) < 4.78 is 26.1. The first-order valence-electron chi connectivity index (χ1n) is 9.95. The zero-order chi connectivity index (χ0) is 23.3. The highest BCUT2D eigenvalue weighted by Gasteiger charge is 2.39. The molecule has 11 heteroatoms. The molecule has 8 nitrogen and oxygen atoms in total. The maximum Gasteiger partial charge on any atom is 0.253 e. The molecule has 0 radical (unpaired) electrons. The lowest BCUT2D eigenvalue weighted by atomic mass is 9.94. The van der Waals surface area contributed by atoms with E-state index in [1.54, 1.807) is 11.3 Å². The van der Waals surface area contributed by atoms with Crippen LogP contribution in [0.25, 0.3) is 0 Å². The van der Waals surface area contributed by atoms with E-state index in [2.05, 4.69) is 10.6 Å². The minimum absolute atomic E-state index is 0.0105. The van der Waals surface area contributed by atoms with Gasteiger partial charge in [-0.1, -0.05) is 30.5 Å². The van der Waals surface area contributed by atoms with Crippen LogP contribution in [0.15, 0.2) is 44.1 Å². The molecule has 0 amide bonds. The van der Waals surface area contributed by atoms with Crippen molar-refractivity contribution in [2.24, 2.45) is 0 Å². The van der Waals surface area contributed by atoms with Crippen LogP contribution in [0.4, 0.5) is 17.1 Å². The summed E-state index contributed by atoms with van der Waals surface area (Å²) in [5.74, 6) is -0.626. The van der Waals surface area contributed by atoms with Crippen molar-refractivity contribution in [2.45, 2.75) is 36.1 Å². The second-order valence-corrected chi connectivity index (χ2v) is 11.4. The van der Waals surface area contributed by atoms with Gasteiger partial charge >= 0.3 is 0 Å². The Balaban J connectivity index is 1.72. The second kappa shape index (κ2) is 8.18. The van der Waals surface area contributed by atoms with E-state index in [-0.39, 0.29) is 22.1 Å². The summed E-state index contributed by atoms with van der Waals surface area (Å²) in [5, 5.41) is 18.5. The van der Waals surface area contributed by atoms with Crippen molar-refractivity contribution in [1.82, 2.24) is 4.31 Å². The Kier molecular flexibility index (Phi) is 5.83. The minimum atomic E-state index is -4.05. The van der Waals surface area contributed by atoms with Gasteiger partial charge in [-0.2, -0.15) is 0 Å². The van der Waals surface area contributed by atoms with E-state index in [0.29, 0.717) is 0 Å². The van der Waals surface area contributed by atoms with Crippen molar-refractivity contribution in [3.05, 3.63) is 60.0 Å². The molecule has 3 aromatic rings. The van der Waals surface area contributed by atoms with Crippen molar-refractivity contribution in [1.29, 1.82) is 0 Å². The van der Waals surface area contributed by atoms with Crippen LogP contribution in [0.5, 0.6) is 5.75 Å². The molecule has 0 saturated heterocycles. The summed E-state index contributed by atoms with van der Waals surface area (Å²) in [4.78, 5) is 25.4. The maximum atomic E-state index is 12.6. The molecule has 2 aromatic carbocycles. The summed E-state index contributed by atoms with van der Waals surface area (Å²) in [5.41, 5.74) is -1.74. The van der Waals surface area contributed by atoms with Crippen LogP contribution >= 0.6 is 22.9 Å². The normalized spacial score (nSPS) is 16.0. The highest BCUT2D eigenvalue weighted by Crippen LogP contribution is 2.45. The Bertz CT molecular complexity index is 1340. The fraction of sp³-hybridized carbons (Fsp3) is 0.333. The largest absolute Gasteiger partial charge is 0.504 e. The number of nitrogens with one attached hydrogen (secondary N) is 2. The van der Waals surface area contributed by atoms with Crippen molar-refractivity contribution < 1.29 is 13.5 Å². The zero-order valence-electron chi connectivity index (χ0n) is 17.4. The molecular weight excluding hydrogens is 474 g/mol. The fourth-order valence-corrected chi connectivity index (χ4v) is 6.46. The van der Waals surface area contributed by atoms with Crippen LogP contribution in [-0.4, -0.2) is 31.9 Å². The van der Waals surface area contributed by atoms with Crippen molar-refractivity contribution >= 4 is 50.0 Å². The molecule has 0 bridgehead atoms. The van der Waals surface area contributed by atoms with Gasteiger partial charge in [0.1, 0.15) is 16.3 Å². The van der Waals surface area contributed by atoms with E-state index in [1.165, 1.54) is 26.2 Å². The Morgan fingerprint density at radius 2 is 1.75 bits per heavy atom. The van der Waals surface area contributed by atoms with E-state index < -0.39 is 37.1 Å². The summed E-state index contributed by atoms with van der Waals surface area (Å²) in [6.07, 6.45) is 3.63. The Labute approximate surface area is 194 Å². The number of hydrogen-bond donors (Lipinski definition) is 3. The lowest BCUT2D eigenvalue weighted by molar-refractivity contribution is 0.455. The van der Waals surface area contributed by atoms with Crippen molar-refractivity contribution in [3.8, 4) is 5.75 Å². The van der Waals surface area contributed by atoms with Gasteiger partial charge in [-0.15, -0.1) is 11.3 Å². The van der Waals surface area contributed by atoms with Crippen LogP contribution in [0.3, 0.4) is 0 Å². The molecule has 0 unspecified atom stereocenters. The van der Waals surface area contributed by atoms with Gasteiger partial charge < -0.3 is 15.7 Å². The highest BCUT2D eigenvalue weighted by molar-refractivity contribution is 7.89.